The Hall–Kier alpha value is 0.380. The molecule has 2 rings (SSSR count). The smallest absolute Gasteiger partial charge is 0.175 e. The van der Waals surface area contributed by atoms with Gasteiger partial charge in [0.05, 0.1) is 11.0 Å². The van der Waals surface area contributed by atoms with E-state index in [0.29, 0.717) is 0 Å². The maximum Gasteiger partial charge on any atom is 0.175 e. The first-order valence-electron chi connectivity index (χ1n) is 3.61. The van der Waals surface area contributed by atoms with Crippen LogP contribution in [0.3, 0.4) is 0 Å². The van der Waals surface area contributed by atoms with Gasteiger partial charge in [0.25, 0.3) is 0 Å². The lowest BCUT2D eigenvalue weighted by atomic mass is 10.2. The molecule has 68 valence electrons. The highest BCUT2D eigenvalue weighted by Crippen LogP contribution is 2.25. The van der Waals surface area contributed by atoms with Crippen molar-refractivity contribution in [3.63, 3.8) is 0 Å². The first kappa shape index (κ1) is 9.92. The van der Waals surface area contributed by atoms with Crippen molar-refractivity contribution in [1.29, 1.82) is 0 Å². The highest BCUT2D eigenvalue weighted by atomic mass is 127. The molecule has 0 bridgehead atoms. The molecule has 0 aliphatic carbocycles. The minimum atomic E-state index is 0.784. The van der Waals surface area contributed by atoms with Gasteiger partial charge in [-0.1, -0.05) is 15.9 Å². The fraction of sp³-hybridized carbons (Fsp3) is 0.125. The Morgan fingerprint density at radius 1 is 1.46 bits per heavy atom. The minimum Gasteiger partial charge on any atom is -0.332 e. The summed E-state index contributed by atoms with van der Waals surface area (Å²) in [5, 5.41) is 0.833. The van der Waals surface area contributed by atoms with Crippen LogP contribution < -0.4 is 0 Å². The zero-order chi connectivity index (χ0) is 9.42. The number of rotatable bonds is 1. The molecule has 0 aliphatic rings. The summed E-state index contributed by atoms with van der Waals surface area (Å²) in [6, 6.07) is 4.13. The van der Waals surface area contributed by atoms with Crippen molar-refractivity contribution in [3.8, 4) is 0 Å². The third kappa shape index (κ3) is 1.78. The minimum absolute atomic E-state index is 0.784. The number of fused-ring (bicyclic) bond motifs is 1. The van der Waals surface area contributed by atoms with Gasteiger partial charge in [-0.3, -0.25) is 0 Å². The van der Waals surface area contributed by atoms with Crippen LogP contribution in [-0.2, 0) is 5.33 Å². The SMILES string of the molecule is BrCc1c(I)ccc2[nH]c(Br)nc12. The molecule has 2 aromatic rings. The molecule has 0 fully saturated rings. The Balaban J connectivity index is 2.82. The van der Waals surface area contributed by atoms with Gasteiger partial charge in [-0.2, -0.15) is 0 Å². The summed E-state index contributed by atoms with van der Waals surface area (Å²) in [6.07, 6.45) is 0. The van der Waals surface area contributed by atoms with Crippen LogP contribution in [0.15, 0.2) is 16.9 Å². The van der Waals surface area contributed by atoms with Gasteiger partial charge >= 0.3 is 0 Å². The molecule has 0 saturated carbocycles. The van der Waals surface area contributed by atoms with Gasteiger partial charge < -0.3 is 4.98 Å². The molecule has 13 heavy (non-hydrogen) atoms. The number of alkyl halides is 1. The van der Waals surface area contributed by atoms with E-state index in [2.05, 4.69) is 70.5 Å². The zero-order valence-corrected chi connectivity index (χ0v) is 11.8. The molecule has 1 N–H and O–H groups in total. The molecule has 0 spiro atoms. The summed E-state index contributed by atoms with van der Waals surface area (Å²) < 4.78 is 2.02. The van der Waals surface area contributed by atoms with Crippen molar-refractivity contribution in [2.24, 2.45) is 0 Å². The normalized spacial score (nSPS) is 11.0. The van der Waals surface area contributed by atoms with E-state index in [1.807, 2.05) is 6.07 Å². The quantitative estimate of drug-likeness (QED) is 0.556. The molecule has 1 aromatic carbocycles. The summed E-state index contributed by atoms with van der Waals surface area (Å²) in [7, 11) is 0. The molecule has 0 atom stereocenters. The summed E-state index contributed by atoms with van der Waals surface area (Å²) >= 11 is 9.11. The standard InChI is InChI=1S/C8H5Br2IN2/c9-3-4-5(11)1-2-6-7(4)13-8(10)12-6/h1-2H,3H2,(H,12,13). The first-order valence-corrected chi connectivity index (χ1v) is 6.60. The lowest BCUT2D eigenvalue weighted by Gasteiger charge is -1.99. The second-order valence-electron chi connectivity index (χ2n) is 2.58. The second-order valence-corrected chi connectivity index (χ2v) is 5.06. The Labute approximate surface area is 106 Å². The van der Waals surface area contributed by atoms with Crippen molar-refractivity contribution in [2.45, 2.75) is 5.33 Å². The molecule has 0 saturated heterocycles. The largest absolute Gasteiger partial charge is 0.332 e. The van der Waals surface area contributed by atoms with E-state index >= 15 is 0 Å². The monoisotopic (exact) mass is 414 g/mol. The molecule has 0 amide bonds. The van der Waals surface area contributed by atoms with E-state index in [-0.39, 0.29) is 0 Å². The maximum absolute atomic E-state index is 4.37. The molecular weight excluding hydrogens is 411 g/mol. The predicted octanol–water partition coefficient (Wildman–Crippen LogP) is 3.82. The molecule has 2 nitrogen and oxygen atoms in total. The fourth-order valence-corrected chi connectivity index (χ4v) is 3.31. The van der Waals surface area contributed by atoms with Crippen molar-refractivity contribution >= 4 is 65.5 Å². The zero-order valence-electron chi connectivity index (χ0n) is 6.44. The van der Waals surface area contributed by atoms with Crippen LogP contribution in [0.1, 0.15) is 5.56 Å². The van der Waals surface area contributed by atoms with Gasteiger partial charge in [-0.15, -0.1) is 0 Å². The molecule has 1 heterocycles. The van der Waals surface area contributed by atoms with Crippen LogP contribution >= 0.6 is 54.5 Å². The van der Waals surface area contributed by atoms with Crippen molar-refractivity contribution in [1.82, 2.24) is 9.97 Å². The number of hydrogen-bond acceptors (Lipinski definition) is 1. The average Bonchev–Trinajstić information content (AvgIpc) is 2.45. The number of hydrogen-bond donors (Lipinski definition) is 1. The number of benzene rings is 1. The summed E-state index contributed by atoms with van der Waals surface area (Å²) in [4.78, 5) is 7.51. The third-order valence-electron chi connectivity index (χ3n) is 1.81. The number of imidazole rings is 1. The Bertz CT molecular complexity index is 453. The van der Waals surface area contributed by atoms with Crippen LogP contribution in [0.25, 0.3) is 11.0 Å². The van der Waals surface area contributed by atoms with Crippen molar-refractivity contribution < 1.29 is 0 Å². The van der Waals surface area contributed by atoms with E-state index in [1.165, 1.54) is 9.13 Å². The number of nitrogens with one attached hydrogen (secondary N) is 1. The van der Waals surface area contributed by atoms with Crippen molar-refractivity contribution in [2.75, 3.05) is 0 Å². The lowest BCUT2D eigenvalue weighted by Crippen LogP contribution is -1.85. The predicted molar refractivity (Wildman–Crippen MR) is 69.1 cm³/mol. The topological polar surface area (TPSA) is 28.7 Å². The van der Waals surface area contributed by atoms with Gasteiger partial charge in [0.2, 0.25) is 0 Å². The molecule has 5 heteroatoms. The number of halogens is 3. The van der Waals surface area contributed by atoms with Gasteiger partial charge in [0.1, 0.15) is 0 Å². The number of H-pyrrole nitrogens is 1. The molecule has 0 aliphatic heterocycles. The van der Waals surface area contributed by atoms with Crippen LogP contribution in [0.2, 0.25) is 0 Å². The molecule has 0 unspecified atom stereocenters. The average molecular weight is 416 g/mol. The van der Waals surface area contributed by atoms with Crippen LogP contribution in [-0.4, -0.2) is 9.97 Å². The second kappa shape index (κ2) is 3.86. The first-order chi connectivity index (χ1) is 6.22. The maximum atomic E-state index is 4.37. The number of aromatic amines is 1. The summed E-state index contributed by atoms with van der Waals surface area (Å²) in [6.45, 7) is 0. The van der Waals surface area contributed by atoms with Crippen LogP contribution in [0.5, 0.6) is 0 Å². The van der Waals surface area contributed by atoms with E-state index < -0.39 is 0 Å². The fourth-order valence-electron chi connectivity index (χ4n) is 1.20. The van der Waals surface area contributed by atoms with Crippen molar-refractivity contribution in [3.05, 3.63) is 26.0 Å². The third-order valence-corrected chi connectivity index (χ3v) is 3.75. The van der Waals surface area contributed by atoms with Gasteiger partial charge in [0.15, 0.2) is 4.73 Å². The van der Waals surface area contributed by atoms with Crippen LogP contribution in [0, 0.1) is 3.57 Å². The summed E-state index contributed by atoms with van der Waals surface area (Å²) in [5.74, 6) is 0. The highest BCUT2D eigenvalue weighted by Gasteiger charge is 2.08. The van der Waals surface area contributed by atoms with Gasteiger partial charge in [-0.25, -0.2) is 4.98 Å². The Morgan fingerprint density at radius 2 is 2.23 bits per heavy atom. The van der Waals surface area contributed by atoms with Gasteiger partial charge in [-0.05, 0) is 50.7 Å². The lowest BCUT2D eigenvalue weighted by molar-refractivity contribution is 1.26. The highest BCUT2D eigenvalue weighted by molar-refractivity contribution is 14.1. The summed E-state index contributed by atoms with van der Waals surface area (Å²) in [5.41, 5.74) is 3.34. The van der Waals surface area contributed by atoms with E-state index in [9.17, 15) is 0 Å². The van der Waals surface area contributed by atoms with E-state index in [1.54, 1.807) is 0 Å². The van der Waals surface area contributed by atoms with Crippen LogP contribution in [0.4, 0.5) is 0 Å². The number of aromatic nitrogens is 2. The van der Waals surface area contributed by atoms with E-state index in [4.69, 9.17) is 0 Å². The molecular formula is C8H5Br2IN2. The Morgan fingerprint density at radius 3 is 2.92 bits per heavy atom. The van der Waals surface area contributed by atoms with Gasteiger partial charge in [0, 0.05) is 14.5 Å². The molecule has 1 aromatic heterocycles. The number of nitrogens with zero attached hydrogens (tertiary/aromatic N) is 1. The van der Waals surface area contributed by atoms with E-state index in [0.717, 1.165) is 21.1 Å². The molecule has 0 radical (unpaired) electrons. The Kier molecular flexibility index (Phi) is 2.94.